The van der Waals surface area contributed by atoms with Crippen LogP contribution in [-0.2, 0) is 0 Å². The molecule has 1 heterocycles. The average molecular weight is 282 g/mol. The highest BCUT2D eigenvalue weighted by molar-refractivity contribution is 9.10. The highest BCUT2D eigenvalue weighted by Crippen LogP contribution is 2.36. The maximum atomic E-state index is 3.71. The fraction of sp³-hybridized carbons (Fsp3) is 0.571. The van der Waals surface area contributed by atoms with Crippen molar-refractivity contribution < 1.29 is 0 Å². The van der Waals surface area contributed by atoms with E-state index < -0.39 is 0 Å². The van der Waals surface area contributed by atoms with Gasteiger partial charge >= 0.3 is 0 Å². The van der Waals surface area contributed by atoms with Gasteiger partial charge in [-0.25, -0.2) is 0 Å². The van der Waals surface area contributed by atoms with Crippen LogP contribution in [0, 0.1) is 6.92 Å². The molecule has 0 bridgehead atoms. The largest absolute Gasteiger partial charge is 0.311 e. The number of benzene rings is 1. The van der Waals surface area contributed by atoms with Crippen molar-refractivity contribution in [3.63, 3.8) is 0 Å². The minimum atomic E-state index is 0.633. The summed E-state index contributed by atoms with van der Waals surface area (Å²) in [5.41, 5.74) is 2.79. The second kappa shape index (κ2) is 4.89. The quantitative estimate of drug-likeness (QED) is 0.864. The molecule has 1 fully saturated rings. The van der Waals surface area contributed by atoms with E-state index in [2.05, 4.69) is 60.2 Å². The minimum absolute atomic E-state index is 0.633. The molecule has 3 atom stereocenters. The van der Waals surface area contributed by atoms with E-state index in [1.54, 1.807) is 0 Å². The molecule has 0 saturated carbocycles. The molecule has 16 heavy (non-hydrogen) atoms. The fourth-order valence-corrected chi connectivity index (χ4v) is 3.56. The van der Waals surface area contributed by atoms with Crippen molar-refractivity contribution >= 4 is 15.9 Å². The van der Waals surface area contributed by atoms with Gasteiger partial charge < -0.3 is 5.32 Å². The first-order chi connectivity index (χ1) is 7.61. The zero-order valence-electron chi connectivity index (χ0n) is 10.3. The van der Waals surface area contributed by atoms with Crippen molar-refractivity contribution in [2.75, 3.05) is 0 Å². The Morgan fingerprint density at radius 3 is 2.81 bits per heavy atom. The molecule has 3 unspecified atom stereocenters. The van der Waals surface area contributed by atoms with Crippen LogP contribution in [0.25, 0.3) is 0 Å². The van der Waals surface area contributed by atoms with Crippen LogP contribution >= 0.6 is 15.9 Å². The summed E-state index contributed by atoms with van der Waals surface area (Å²) >= 11 is 3.71. The number of rotatable bonds is 2. The summed E-state index contributed by atoms with van der Waals surface area (Å²) < 4.78 is 1.27. The Bertz CT molecular complexity index is 375. The summed E-state index contributed by atoms with van der Waals surface area (Å²) in [4.78, 5) is 0. The molecule has 1 aromatic rings. The molecule has 0 aromatic heterocycles. The first-order valence-corrected chi connectivity index (χ1v) is 6.93. The number of aryl methyl sites for hydroxylation is 1. The Morgan fingerprint density at radius 2 is 2.19 bits per heavy atom. The lowest BCUT2D eigenvalue weighted by molar-refractivity contribution is 0.516. The second-order valence-corrected chi connectivity index (χ2v) is 5.80. The van der Waals surface area contributed by atoms with Gasteiger partial charge in [0.15, 0.2) is 0 Å². The van der Waals surface area contributed by atoms with Gasteiger partial charge in [-0.05, 0) is 43.9 Å². The fourth-order valence-electron chi connectivity index (χ4n) is 2.77. The van der Waals surface area contributed by atoms with E-state index in [0.29, 0.717) is 18.0 Å². The molecule has 1 nitrogen and oxygen atoms in total. The van der Waals surface area contributed by atoms with Gasteiger partial charge in [0.25, 0.3) is 0 Å². The standard InChI is InChI=1S/C14H20BrN/c1-4-14-12(8-10(3)16-14)11-6-5-9(2)7-13(11)15/h5-7,10,12,14,16H,4,8H2,1-3H3. The Hall–Kier alpha value is -0.340. The van der Waals surface area contributed by atoms with Crippen LogP contribution in [0.2, 0.25) is 0 Å². The predicted octanol–water partition coefficient (Wildman–Crippen LogP) is 4.00. The third-order valence-corrected chi connectivity index (χ3v) is 4.27. The van der Waals surface area contributed by atoms with Crippen molar-refractivity contribution in [2.45, 2.75) is 51.6 Å². The molecule has 0 spiro atoms. The highest BCUT2D eigenvalue weighted by atomic mass is 79.9. The average Bonchev–Trinajstić information content (AvgIpc) is 2.59. The molecular formula is C14H20BrN. The van der Waals surface area contributed by atoms with Crippen LogP contribution in [0.1, 0.15) is 43.7 Å². The second-order valence-electron chi connectivity index (χ2n) is 4.95. The summed E-state index contributed by atoms with van der Waals surface area (Å²) in [7, 11) is 0. The van der Waals surface area contributed by atoms with Gasteiger partial charge in [0.1, 0.15) is 0 Å². The molecule has 2 rings (SSSR count). The van der Waals surface area contributed by atoms with Crippen LogP contribution in [0.3, 0.4) is 0 Å². The van der Waals surface area contributed by atoms with Crippen LogP contribution in [-0.4, -0.2) is 12.1 Å². The first kappa shape index (κ1) is 12.1. The Balaban J connectivity index is 2.29. The zero-order chi connectivity index (χ0) is 11.7. The SMILES string of the molecule is CCC1NC(C)CC1c1ccc(C)cc1Br. The maximum Gasteiger partial charge on any atom is 0.0213 e. The van der Waals surface area contributed by atoms with Crippen LogP contribution in [0.5, 0.6) is 0 Å². The molecule has 1 N–H and O–H groups in total. The van der Waals surface area contributed by atoms with Gasteiger partial charge in [-0.15, -0.1) is 0 Å². The summed E-state index contributed by atoms with van der Waals surface area (Å²) in [6.45, 7) is 6.69. The Kier molecular flexibility index (Phi) is 3.70. The molecule has 0 radical (unpaired) electrons. The Labute approximate surface area is 107 Å². The monoisotopic (exact) mass is 281 g/mol. The maximum absolute atomic E-state index is 3.71. The summed E-state index contributed by atoms with van der Waals surface area (Å²) in [5, 5.41) is 3.67. The number of halogens is 1. The molecule has 1 aliphatic heterocycles. The molecule has 1 saturated heterocycles. The molecular weight excluding hydrogens is 262 g/mol. The zero-order valence-corrected chi connectivity index (χ0v) is 11.8. The van der Waals surface area contributed by atoms with Gasteiger partial charge in [-0.3, -0.25) is 0 Å². The minimum Gasteiger partial charge on any atom is -0.311 e. The number of hydrogen-bond donors (Lipinski definition) is 1. The summed E-state index contributed by atoms with van der Waals surface area (Å²) in [6, 6.07) is 8.00. The van der Waals surface area contributed by atoms with E-state index in [9.17, 15) is 0 Å². The number of hydrogen-bond acceptors (Lipinski definition) is 1. The lowest BCUT2D eigenvalue weighted by Gasteiger charge is -2.19. The van der Waals surface area contributed by atoms with Crippen molar-refractivity contribution in [1.29, 1.82) is 0 Å². The normalized spacial score (nSPS) is 29.6. The molecule has 2 heteroatoms. The van der Waals surface area contributed by atoms with E-state index in [4.69, 9.17) is 0 Å². The third-order valence-electron chi connectivity index (χ3n) is 3.59. The topological polar surface area (TPSA) is 12.0 Å². The van der Waals surface area contributed by atoms with E-state index in [1.807, 2.05) is 0 Å². The number of nitrogens with one attached hydrogen (secondary N) is 1. The van der Waals surface area contributed by atoms with Crippen LogP contribution < -0.4 is 5.32 Å². The van der Waals surface area contributed by atoms with Gasteiger partial charge in [0.05, 0.1) is 0 Å². The lowest BCUT2D eigenvalue weighted by Crippen LogP contribution is -2.28. The van der Waals surface area contributed by atoms with Crippen molar-refractivity contribution in [3.8, 4) is 0 Å². The summed E-state index contributed by atoms with van der Waals surface area (Å²) in [5.74, 6) is 0.662. The molecule has 1 aromatic carbocycles. The van der Waals surface area contributed by atoms with Crippen molar-refractivity contribution in [3.05, 3.63) is 33.8 Å². The van der Waals surface area contributed by atoms with Gasteiger partial charge in [-0.1, -0.05) is 35.0 Å². The van der Waals surface area contributed by atoms with Gasteiger partial charge in [0, 0.05) is 22.5 Å². The van der Waals surface area contributed by atoms with Crippen LogP contribution in [0.15, 0.2) is 22.7 Å². The van der Waals surface area contributed by atoms with E-state index in [1.165, 1.54) is 28.4 Å². The van der Waals surface area contributed by atoms with E-state index in [0.717, 1.165) is 0 Å². The van der Waals surface area contributed by atoms with Crippen LogP contribution in [0.4, 0.5) is 0 Å². The van der Waals surface area contributed by atoms with Gasteiger partial charge in [-0.2, -0.15) is 0 Å². The highest BCUT2D eigenvalue weighted by Gasteiger charge is 2.32. The van der Waals surface area contributed by atoms with Crippen molar-refractivity contribution in [1.82, 2.24) is 5.32 Å². The van der Waals surface area contributed by atoms with E-state index in [-0.39, 0.29) is 0 Å². The summed E-state index contributed by atoms with van der Waals surface area (Å²) in [6.07, 6.45) is 2.45. The smallest absolute Gasteiger partial charge is 0.0213 e. The molecule has 1 aliphatic rings. The lowest BCUT2D eigenvalue weighted by atomic mass is 9.89. The predicted molar refractivity (Wildman–Crippen MR) is 72.9 cm³/mol. The molecule has 0 aliphatic carbocycles. The Morgan fingerprint density at radius 1 is 1.44 bits per heavy atom. The molecule has 88 valence electrons. The van der Waals surface area contributed by atoms with Gasteiger partial charge in [0.2, 0.25) is 0 Å². The molecule has 0 amide bonds. The first-order valence-electron chi connectivity index (χ1n) is 6.14. The van der Waals surface area contributed by atoms with Crippen molar-refractivity contribution in [2.24, 2.45) is 0 Å². The van der Waals surface area contributed by atoms with E-state index >= 15 is 0 Å². The third kappa shape index (κ3) is 2.33.